The fraction of sp³-hybridized carbons (Fsp3) is 0.188. The number of nitrogen functional groups attached to an aromatic ring is 1. The van der Waals surface area contributed by atoms with Gasteiger partial charge in [-0.2, -0.15) is 0 Å². The van der Waals surface area contributed by atoms with Crippen molar-refractivity contribution in [2.75, 3.05) is 17.7 Å². The van der Waals surface area contributed by atoms with E-state index in [0.717, 1.165) is 5.56 Å². The van der Waals surface area contributed by atoms with Gasteiger partial charge in [-0.15, -0.1) is 0 Å². The van der Waals surface area contributed by atoms with Crippen molar-refractivity contribution in [1.82, 2.24) is 0 Å². The highest BCUT2D eigenvalue weighted by atomic mass is 19.1. The molecule has 0 aliphatic carbocycles. The Balaban J connectivity index is 1.84. The van der Waals surface area contributed by atoms with Crippen LogP contribution in [-0.4, -0.2) is 12.5 Å². The molecule has 0 spiro atoms. The van der Waals surface area contributed by atoms with Crippen molar-refractivity contribution in [2.24, 2.45) is 0 Å². The molecule has 5 heteroatoms. The fourth-order valence-corrected chi connectivity index (χ4v) is 1.90. The first-order valence-corrected chi connectivity index (χ1v) is 6.59. The van der Waals surface area contributed by atoms with Gasteiger partial charge >= 0.3 is 0 Å². The number of hydrogen-bond donors (Lipinski definition) is 2. The molecule has 2 aromatic carbocycles. The number of nitrogens with one attached hydrogen (secondary N) is 1. The topological polar surface area (TPSA) is 64.3 Å². The lowest BCUT2D eigenvalue weighted by molar-refractivity contribution is -0.116. The lowest BCUT2D eigenvalue weighted by Gasteiger charge is -2.09. The molecular formula is C16H17FN2O2. The van der Waals surface area contributed by atoms with Crippen LogP contribution in [0.2, 0.25) is 0 Å². The molecule has 0 fully saturated rings. The first-order chi connectivity index (χ1) is 10.0. The number of halogens is 1. The monoisotopic (exact) mass is 288 g/mol. The molecule has 0 bridgehead atoms. The van der Waals surface area contributed by atoms with Crippen LogP contribution in [0.5, 0.6) is 5.75 Å². The SMILES string of the molecule is Cc1cc(F)cc(NC(=O)CCOc2ccccc2N)c1. The third kappa shape index (κ3) is 4.49. The van der Waals surface area contributed by atoms with Crippen molar-refractivity contribution in [3.8, 4) is 5.75 Å². The van der Waals surface area contributed by atoms with E-state index < -0.39 is 0 Å². The third-order valence-electron chi connectivity index (χ3n) is 2.83. The van der Waals surface area contributed by atoms with Crippen LogP contribution in [0.25, 0.3) is 0 Å². The normalized spacial score (nSPS) is 10.2. The summed E-state index contributed by atoms with van der Waals surface area (Å²) in [4.78, 5) is 11.8. The number of para-hydroxylation sites is 2. The van der Waals surface area contributed by atoms with E-state index in [-0.39, 0.29) is 24.8 Å². The Hall–Kier alpha value is -2.56. The number of carbonyl (C=O) groups excluding carboxylic acids is 1. The van der Waals surface area contributed by atoms with Crippen LogP contribution in [0.1, 0.15) is 12.0 Å². The molecule has 1 amide bonds. The number of rotatable bonds is 5. The summed E-state index contributed by atoms with van der Waals surface area (Å²) in [5.41, 5.74) is 7.44. The molecule has 0 aliphatic heterocycles. The summed E-state index contributed by atoms with van der Waals surface area (Å²) < 4.78 is 18.6. The van der Waals surface area contributed by atoms with E-state index in [0.29, 0.717) is 17.1 Å². The van der Waals surface area contributed by atoms with Gasteiger partial charge in [0.05, 0.1) is 18.7 Å². The van der Waals surface area contributed by atoms with Gasteiger partial charge in [-0.25, -0.2) is 4.39 Å². The van der Waals surface area contributed by atoms with Crippen LogP contribution < -0.4 is 15.8 Å². The fourth-order valence-electron chi connectivity index (χ4n) is 1.90. The average Bonchev–Trinajstić information content (AvgIpc) is 2.39. The summed E-state index contributed by atoms with van der Waals surface area (Å²) in [5.74, 6) is -0.0694. The van der Waals surface area contributed by atoms with Crippen LogP contribution in [0.4, 0.5) is 15.8 Å². The molecule has 110 valence electrons. The Morgan fingerprint density at radius 1 is 1.29 bits per heavy atom. The van der Waals surface area contributed by atoms with Gasteiger partial charge in [-0.05, 0) is 42.8 Å². The van der Waals surface area contributed by atoms with E-state index >= 15 is 0 Å². The third-order valence-corrected chi connectivity index (χ3v) is 2.83. The zero-order valence-electron chi connectivity index (χ0n) is 11.7. The molecule has 0 unspecified atom stereocenters. The molecule has 0 aromatic heterocycles. The van der Waals surface area contributed by atoms with Crippen LogP contribution in [-0.2, 0) is 4.79 Å². The Morgan fingerprint density at radius 3 is 2.76 bits per heavy atom. The van der Waals surface area contributed by atoms with Gasteiger partial charge in [0, 0.05) is 5.69 Å². The maximum atomic E-state index is 13.2. The molecule has 0 saturated heterocycles. The van der Waals surface area contributed by atoms with Crippen molar-refractivity contribution >= 4 is 17.3 Å². The first-order valence-electron chi connectivity index (χ1n) is 6.59. The average molecular weight is 288 g/mol. The summed E-state index contributed by atoms with van der Waals surface area (Å²) in [7, 11) is 0. The van der Waals surface area contributed by atoms with Gasteiger partial charge < -0.3 is 15.8 Å². The zero-order chi connectivity index (χ0) is 15.2. The Bertz CT molecular complexity index is 624. The zero-order valence-corrected chi connectivity index (χ0v) is 11.7. The van der Waals surface area contributed by atoms with E-state index in [9.17, 15) is 9.18 Å². The van der Waals surface area contributed by atoms with Gasteiger partial charge in [0.15, 0.2) is 0 Å². The van der Waals surface area contributed by atoms with Crippen molar-refractivity contribution in [2.45, 2.75) is 13.3 Å². The minimum Gasteiger partial charge on any atom is -0.491 e. The van der Waals surface area contributed by atoms with Crippen molar-refractivity contribution in [1.29, 1.82) is 0 Å². The van der Waals surface area contributed by atoms with Crippen LogP contribution >= 0.6 is 0 Å². The maximum Gasteiger partial charge on any atom is 0.227 e. The van der Waals surface area contributed by atoms with E-state index in [1.807, 2.05) is 0 Å². The molecule has 4 nitrogen and oxygen atoms in total. The van der Waals surface area contributed by atoms with Gasteiger partial charge in [-0.3, -0.25) is 4.79 Å². The van der Waals surface area contributed by atoms with Crippen LogP contribution in [0.3, 0.4) is 0 Å². The standard InChI is InChI=1S/C16H17FN2O2/c1-11-8-12(17)10-13(9-11)19-16(20)6-7-21-15-5-3-2-4-14(15)18/h2-5,8-10H,6-7,18H2,1H3,(H,19,20). The predicted octanol–water partition coefficient (Wildman–Crippen LogP) is 3.12. The number of hydrogen-bond acceptors (Lipinski definition) is 3. The minimum atomic E-state index is -0.376. The minimum absolute atomic E-state index is 0.157. The van der Waals surface area contributed by atoms with Gasteiger partial charge in [0.2, 0.25) is 5.91 Å². The second kappa shape index (κ2) is 6.74. The molecule has 0 radical (unpaired) electrons. The summed E-state index contributed by atoms with van der Waals surface area (Å²) in [6.45, 7) is 1.97. The van der Waals surface area contributed by atoms with Gasteiger partial charge in [-0.1, -0.05) is 12.1 Å². The largest absolute Gasteiger partial charge is 0.491 e. The van der Waals surface area contributed by atoms with Crippen LogP contribution in [0, 0.1) is 12.7 Å². The molecule has 0 heterocycles. The first kappa shape index (κ1) is 14.8. The van der Waals surface area contributed by atoms with Gasteiger partial charge in [0.1, 0.15) is 11.6 Å². The Morgan fingerprint density at radius 2 is 2.05 bits per heavy atom. The molecule has 3 N–H and O–H groups in total. The summed E-state index contributed by atoms with van der Waals surface area (Å²) >= 11 is 0. The number of nitrogens with two attached hydrogens (primary N) is 1. The number of amides is 1. The second-order valence-electron chi connectivity index (χ2n) is 4.70. The lowest BCUT2D eigenvalue weighted by atomic mass is 10.2. The number of benzene rings is 2. The highest BCUT2D eigenvalue weighted by molar-refractivity contribution is 5.90. The molecule has 2 aromatic rings. The van der Waals surface area contributed by atoms with Crippen LogP contribution in [0.15, 0.2) is 42.5 Å². The summed E-state index contributed by atoms with van der Waals surface area (Å²) in [6.07, 6.45) is 0.157. The lowest BCUT2D eigenvalue weighted by Crippen LogP contribution is -2.15. The van der Waals surface area contributed by atoms with E-state index in [2.05, 4.69) is 5.32 Å². The van der Waals surface area contributed by atoms with E-state index in [1.165, 1.54) is 12.1 Å². The molecule has 0 aliphatic rings. The Kier molecular flexibility index (Phi) is 4.77. The van der Waals surface area contributed by atoms with Crippen molar-refractivity contribution in [3.05, 3.63) is 53.8 Å². The number of ether oxygens (including phenoxy) is 1. The summed E-state index contributed by atoms with van der Waals surface area (Å²) in [5, 5.41) is 2.63. The number of carbonyl (C=O) groups is 1. The molecular weight excluding hydrogens is 271 g/mol. The van der Waals surface area contributed by atoms with Crippen molar-refractivity contribution in [3.63, 3.8) is 0 Å². The molecule has 0 atom stereocenters. The highest BCUT2D eigenvalue weighted by Gasteiger charge is 2.06. The van der Waals surface area contributed by atoms with Crippen molar-refractivity contribution < 1.29 is 13.9 Å². The predicted molar refractivity (Wildman–Crippen MR) is 80.7 cm³/mol. The molecule has 21 heavy (non-hydrogen) atoms. The smallest absolute Gasteiger partial charge is 0.227 e. The van der Waals surface area contributed by atoms with E-state index in [1.54, 1.807) is 37.3 Å². The second-order valence-corrected chi connectivity index (χ2v) is 4.70. The number of aryl methyl sites for hydroxylation is 1. The Labute approximate surface area is 122 Å². The maximum absolute atomic E-state index is 13.2. The quantitative estimate of drug-likeness (QED) is 0.831. The molecule has 2 rings (SSSR count). The molecule has 0 saturated carbocycles. The number of anilines is 2. The van der Waals surface area contributed by atoms with E-state index in [4.69, 9.17) is 10.5 Å². The highest BCUT2D eigenvalue weighted by Crippen LogP contribution is 2.20. The summed E-state index contributed by atoms with van der Waals surface area (Å²) in [6, 6.07) is 11.5. The van der Waals surface area contributed by atoms with Gasteiger partial charge in [0.25, 0.3) is 0 Å².